The van der Waals surface area contributed by atoms with Gasteiger partial charge in [-0.05, 0) is 30.9 Å². The topological polar surface area (TPSA) is 32.8 Å². The third kappa shape index (κ3) is 3.97. The van der Waals surface area contributed by atoms with E-state index >= 15 is 0 Å². The molecule has 0 radical (unpaired) electrons. The van der Waals surface area contributed by atoms with Crippen LogP contribution in [-0.4, -0.2) is 28.9 Å². The van der Waals surface area contributed by atoms with Crippen LogP contribution in [0.25, 0.3) is 0 Å². The first kappa shape index (κ1) is 17.6. The Bertz CT molecular complexity index is 840. The van der Waals surface area contributed by atoms with Gasteiger partial charge in [0, 0.05) is 31.6 Å². The number of carbonyl (C=O) groups is 1. The summed E-state index contributed by atoms with van der Waals surface area (Å²) in [6, 6.07) is 6.74. The van der Waals surface area contributed by atoms with Gasteiger partial charge >= 0.3 is 6.03 Å². The highest BCUT2D eigenvalue weighted by Gasteiger charge is 2.31. The molecule has 1 fully saturated rings. The van der Waals surface area contributed by atoms with Gasteiger partial charge in [0.05, 0.1) is 6.20 Å². The fourth-order valence-electron chi connectivity index (χ4n) is 3.80. The second-order valence-electron chi connectivity index (χ2n) is 7.11. The second kappa shape index (κ2) is 7.82. The summed E-state index contributed by atoms with van der Waals surface area (Å²) in [4.78, 5) is 16.2. The van der Waals surface area contributed by atoms with E-state index in [-0.39, 0.29) is 17.8 Å². The number of carbonyl (C=O) groups excluding carboxylic acids is 1. The molecule has 0 spiro atoms. The lowest BCUT2D eigenvalue weighted by molar-refractivity contribution is 0.184. The highest BCUT2D eigenvalue weighted by molar-refractivity contribution is 5.77. The standard InChI is InChI=1S/C22H23FN2O2/c23-21-9-5-4-8-20(21)18-10-11-24(15-18)22(26)25-12-13-27-19(16-25)14-17-6-2-1-3-7-17/h1-2,4-6,8-9,12-13,16,18H,3,7,10-11,14-15H2. The molecule has 1 saturated heterocycles. The van der Waals surface area contributed by atoms with Gasteiger partial charge in [-0.1, -0.05) is 42.0 Å². The number of allylic oxidation sites excluding steroid dienone is 4. The van der Waals surface area contributed by atoms with Gasteiger partial charge in [-0.3, -0.25) is 4.90 Å². The molecular weight excluding hydrogens is 343 g/mol. The van der Waals surface area contributed by atoms with Crippen LogP contribution in [0, 0.1) is 5.82 Å². The Hall–Kier alpha value is -2.82. The third-order valence-electron chi connectivity index (χ3n) is 5.25. The van der Waals surface area contributed by atoms with Crippen molar-refractivity contribution >= 4 is 6.03 Å². The average Bonchev–Trinajstić information content (AvgIpc) is 3.19. The van der Waals surface area contributed by atoms with Crippen molar-refractivity contribution in [3.63, 3.8) is 0 Å². The minimum atomic E-state index is -0.194. The smallest absolute Gasteiger partial charge is 0.328 e. The molecule has 0 bridgehead atoms. The van der Waals surface area contributed by atoms with Gasteiger partial charge < -0.3 is 9.64 Å². The van der Waals surface area contributed by atoms with Crippen molar-refractivity contribution in [1.29, 1.82) is 0 Å². The number of hydrogen-bond donors (Lipinski definition) is 0. The fourth-order valence-corrected chi connectivity index (χ4v) is 3.80. The molecule has 5 heteroatoms. The molecule has 2 amide bonds. The van der Waals surface area contributed by atoms with Gasteiger partial charge in [-0.15, -0.1) is 0 Å². The zero-order valence-corrected chi connectivity index (χ0v) is 15.2. The Balaban J connectivity index is 1.41. The first-order valence-corrected chi connectivity index (χ1v) is 9.41. The van der Waals surface area contributed by atoms with Crippen LogP contribution in [-0.2, 0) is 4.74 Å². The molecule has 1 aromatic carbocycles. The number of urea groups is 1. The van der Waals surface area contributed by atoms with Crippen LogP contribution in [0.5, 0.6) is 0 Å². The van der Waals surface area contributed by atoms with E-state index < -0.39 is 0 Å². The maximum absolute atomic E-state index is 14.0. The Morgan fingerprint density at radius 2 is 2.19 bits per heavy atom. The van der Waals surface area contributed by atoms with Gasteiger partial charge in [-0.2, -0.15) is 0 Å². The van der Waals surface area contributed by atoms with Crippen LogP contribution in [0.2, 0.25) is 0 Å². The molecule has 1 unspecified atom stereocenters. The molecule has 0 saturated carbocycles. The van der Waals surface area contributed by atoms with Gasteiger partial charge in [0.2, 0.25) is 0 Å². The van der Waals surface area contributed by atoms with Crippen molar-refractivity contribution in [3.05, 3.63) is 83.9 Å². The summed E-state index contributed by atoms with van der Waals surface area (Å²) in [5, 5.41) is 0. The number of nitrogens with zero attached hydrogens (tertiary/aromatic N) is 2. The van der Waals surface area contributed by atoms with Crippen molar-refractivity contribution in [1.82, 2.24) is 9.80 Å². The van der Waals surface area contributed by atoms with Gasteiger partial charge in [0.15, 0.2) is 0 Å². The molecule has 140 valence electrons. The normalized spacial score (nSPS) is 21.7. The van der Waals surface area contributed by atoms with Crippen molar-refractivity contribution in [2.75, 3.05) is 13.1 Å². The Labute approximate surface area is 158 Å². The molecule has 0 N–H and O–H groups in total. The summed E-state index contributed by atoms with van der Waals surface area (Å²) in [6.07, 6.45) is 14.8. The quantitative estimate of drug-likeness (QED) is 0.750. The monoisotopic (exact) mass is 366 g/mol. The highest BCUT2D eigenvalue weighted by Crippen LogP contribution is 2.30. The van der Waals surface area contributed by atoms with E-state index in [0.29, 0.717) is 25.1 Å². The summed E-state index contributed by atoms with van der Waals surface area (Å²) < 4.78 is 19.6. The summed E-state index contributed by atoms with van der Waals surface area (Å²) >= 11 is 0. The molecule has 4 nitrogen and oxygen atoms in total. The van der Waals surface area contributed by atoms with Crippen LogP contribution in [0.3, 0.4) is 0 Å². The molecule has 1 aromatic rings. The Morgan fingerprint density at radius 1 is 1.30 bits per heavy atom. The molecule has 2 heterocycles. The average molecular weight is 366 g/mol. The number of amides is 2. The van der Waals surface area contributed by atoms with Crippen LogP contribution in [0.4, 0.5) is 9.18 Å². The van der Waals surface area contributed by atoms with E-state index in [0.717, 1.165) is 25.0 Å². The van der Waals surface area contributed by atoms with Gasteiger partial charge in [0.25, 0.3) is 0 Å². The summed E-state index contributed by atoms with van der Waals surface area (Å²) in [6.45, 7) is 1.16. The lowest BCUT2D eigenvalue weighted by atomic mass is 9.98. The van der Waals surface area contributed by atoms with Crippen molar-refractivity contribution in [2.45, 2.75) is 31.6 Å². The SMILES string of the molecule is O=C(N1C=COC(CC2=CC=CCC2)=C1)N1CCC(c2ccccc2F)C1. The molecule has 4 rings (SSSR count). The van der Waals surface area contributed by atoms with Crippen molar-refractivity contribution < 1.29 is 13.9 Å². The number of likely N-dealkylation sites (tertiary alicyclic amines) is 1. The van der Waals surface area contributed by atoms with Gasteiger partial charge in [-0.25, -0.2) is 9.18 Å². The van der Waals surface area contributed by atoms with E-state index in [2.05, 4.69) is 18.2 Å². The fraction of sp³-hybridized carbons (Fsp3) is 0.318. The number of rotatable bonds is 3. The van der Waals surface area contributed by atoms with Crippen molar-refractivity contribution in [3.8, 4) is 0 Å². The third-order valence-corrected chi connectivity index (χ3v) is 5.25. The molecule has 2 aliphatic heterocycles. The predicted octanol–water partition coefficient (Wildman–Crippen LogP) is 5.05. The van der Waals surface area contributed by atoms with Crippen LogP contribution in [0.1, 0.15) is 37.2 Å². The maximum Gasteiger partial charge on any atom is 0.328 e. The summed E-state index contributed by atoms with van der Waals surface area (Å²) in [5.74, 6) is 0.611. The molecular formula is C22H23FN2O2. The molecule has 1 atom stereocenters. The zero-order valence-electron chi connectivity index (χ0n) is 15.2. The van der Waals surface area contributed by atoms with E-state index in [1.807, 2.05) is 12.1 Å². The first-order chi connectivity index (χ1) is 13.2. The van der Waals surface area contributed by atoms with E-state index in [1.165, 1.54) is 11.6 Å². The zero-order chi connectivity index (χ0) is 18.6. The highest BCUT2D eigenvalue weighted by atomic mass is 19.1. The minimum absolute atomic E-state index is 0.0443. The van der Waals surface area contributed by atoms with Crippen molar-refractivity contribution in [2.24, 2.45) is 0 Å². The largest absolute Gasteiger partial charge is 0.466 e. The summed E-state index contributed by atoms with van der Waals surface area (Å²) in [5.41, 5.74) is 1.99. The van der Waals surface area contributed by atoms with E-state index in [1.54, 1.807) is 34.5 Å². The predicted molar refractivity (Wildman–Crippen MR) is 102 cm³/mol. The van der Waals surface area contributed by atoms with Crippen LogP contribution < -0.4 is 0 Å². The molecule has 3 aliphatic rings. The Kier molecular flexibility index (Phi) is 5.10. The van der Waals surface area contributed by atoms with Gasteiger partial charge in [0.1, 0.15) is 17.8 Å². The van der Waals surface area contributed by atoms with E-state index in [4.69, 9.17) is 4.74 Å². The lowest BCUT2D eigenvalue weighted by Gasteiger charge is -2.26. The van der Waals surface area contributed by atoms with Crippen LogP contribution in [0.15, 0.2) is 72.5 Å². The maximum atomic E-state index is 14.0. The molecule has 0 aromatic heterocycles. The number of benzene rings is 1. The minimum Gasteiger partial charge on any atom is -0.466 e. The van der Waals surface area contributed by atoms with Crippen LogP contribution >= 0.6 is 0 Å². The Morgan fingerprint density at radius 3 is 3.00 bits per heavy atom. The lowest BCUT2D eigenvalue weighted by Crippen LogP contribution is -2.37. The summed E-state index contributed by atoms with van der Waals surface area (Å²) in [7, 11) is 0. The molecule has 27 heavy (non-hydrogen) atoms. The number of ether oxygens (including phenoxy) is 1. The first-order valence-electron chi connectivity index (χ1n) is 9.41. The second-order valence-corrected chi connectivity index (χ2v) is 7.11. The number of halogens is 1. The molecule has 1 aliphatic carbocycles. The van der Waals surface area contributed by atoms with E-state index in [9.17, 15) is 9.18 Å². The number of hydrogen-bond acceptors (Lipinski definition) is 2.